The van der Waals surface area contributed by atoms with Crippen molar-refractivity contribution in [3.05, 3.63) is 36.0 Å². The molecule has 2 aromatic rings. The average Bonchev–Trinajstić information content (AvgIpc) is 2.51. The van der Waals surface area contributed by atoms with Crippen molar-refractivity contribution in [2.75, 3.05) is 18.4 Å². The van der Waals surface area contributed by atoms with Crippen molar-refractivity contribution in [2.45, 2.75) is 26.7 Å². The number of nitrogens with zero attached hydrogens (tertiary/aromatic N) is 1. The van der Waals surface area contributed by atoms with E-state index < -0.39 is 0 Å². The van der Waals surface area contributed by atoms with Gasteiger partial charge in [-0.15, -0.1) is 0 Å². The standard InChI is InChI=1S/C17H21N3O/c1-12-5-6-14(13-4-3-9-19-15(12)13)20-16(21)17(2)7-10-18-11-8-17/h3-6,9,18H,7-8,10-11H2,1-2H3,(H,20,21). The Morgan fingerprint density at radius 3 is 2.81 bits per heavy atom. The zero-order valence-corrected chi connectivity index (χ0v) is 12.6. The van der Waals surface area contributed by atoms with Gasteiger partial charge in [0, 0.05) is 17.0 Å². The van der Waals surface area contributed by atoms with Gasteiger partial charge in [-0.25, -0.2) is 0 Å². The van der Waals surface area contributed by atoms with Gasteiger partial charge in [-0.1, -0.05) is 13.0 Å². The van der Waals surface area contributed by atoms with Crippen molar-refractivity contribution in [1.82, 2.24) is 10.3 Å². The lowest BCUT2D eigenvalue weighted by atomic mass is 9.80. The van der Waals surface area contributed by atoms with Gasteiger partial charge in [0.25, 0.3) is 0 Å². The Morgan fingerprint density at radius 2 is 2.05 bits per heavy atom. The molecule has 0 aliphatic carbocycles. The van der Waals surface area contributed by atoms with Crippen molar-refractivity contribution in [3.63, 3.8) is 0 Å². The van der Waals surface area contributed by atoms with Crippen molar-refractivity contribution >= 4 is 22.5 Å². The number of hydrogen-bond donors (Lipinski definition) is 2. The van der Waals surface area contributed by atoms with Gasteiger partial charge in [0.15, 0.2) is 0 Å². The maximum Gasteiger partial charge on any atom is 0.230 e. The summed E-state index contributed by atoms with van der Waals surface area (Å²) in [4.78, 5) is 17.1. The molecule has 1 aliphatic heterocycles. The summed E-state index contributed by atoms with van der Waals surface area (Å²) >= 11 is 0. The minimum atomic E-state index is -0.287. The first-order valence-electron chi connectivity index (χ1n) is 7.47. The first kappa shape index (κ1) is 14.0. The second-order valence-electron chi connectivity index (χ2n) is 6.09. The molecule has 2 N–H and O–H groups in total. The molecule has 0 radical (unpaired) electrons. The largest absolute Gasteiger partial charge is 0.325 e. The molecule has 0 unspecified atom stereocenters. The van der Waals surface area contributed by atoms with Crippen molar-refractivity contribution in [1.29, 1.82) is 0 Å². The monoisotopic (exact) mass is 283 g/mol. The number of anilines is 1. The number of piperidine rings is 1. The molecule has 110 valence electrons. The number of fused-ring (bicyclic) bond motifs is 1. The first-order valence-corrected chi connectivity index (χ1v) is 7.47. The van der Waals surface area contributed by atoms with Crippen LogP contribution in [0.1, 0.15) is 25.3 Å². The topological polar surface area (TPSA) is 54.0 Å². The van der Waals surface area contributed by atoms with E-state index in [1.54, 1.807) is 6.20 Å². The summed E-state index contributed by atoms with van der Waals surface area (Å²) in [5.74, 6) is 0.109. The Balaban J connectivity index is 1.91. The number of pyridine rings is 1. The predicted octanol–water partition coefficient (Wildman–Crippen LogP) is 2.87. The number of carbonyl (C=O) groups is 1. The van der Waals surface area contributed by atoms with Gasteiger partial charge in [0.1, 0.15) is 0 Å². The minimum absolute atomic E-state index is 0.109. The van der Waals surface area contributed by atoms with E-state index in [2.05, 4.69) is 22.5 Å². The van der Waals surface area contributed by atoms with Gasteiger partial charge in [0.2, 0.25) is 5.91 Å². The summed E-state index contributed by atoms with van der Waals surface area (Å²) < 4.78 is 0. The van der Waals surface area contributed by atoms with E-state index in [1.807, 2.05) is 31.2 Å². The summed E-state index contributed by atoms with van der Waals surface area (Å²) in [6.07, 6.45) is 3.54. The van der Waals surface area contributed by atoms with Gasteiger partial charge < -0.3 is 10.6 Å². The molecule has 0 bridgehead atoms. The van der Waals surface area contributed by atoms with Crippen LogP contribution in [0, 0.1) is 12.3 Å². The Morgan fingerprint density at radius 1 is 1.29 bits per heavy atom. The third-order valence-corrected chi connectivity index (χ3v) is 4.47. The number of amides is 1. The molecule has 2 heterocycles. The zero-order valence-electron chi connectivity index (χ0n) is 12.6. The van der Waals surface area contributed by atoms with Crippen LogP contribution in [0.2, 0.25) is 0 Å². The lowest BCUT2D eigenvalue weighted by Gasteiger charge is -2.32. The Kier molecular flexibility index (Phi) is 3.64. The van der Waals surface area contributed by atoms with Gasteiger partial charge >= 0.3 is 0 Å². The van der Waals surface area contributed by atoms with Gasteiger partial charge in [-0.3, -0.25) is 9.78 Å². The van der Waals surface area contributed by atoms with Crippen LogP contribution >= 0.6 is 0 Å². The number of rotatable bonds is 2. The molecule has 0 atom stereocenters. The maximum absolute atomic E-state index is 12.7. The van der Waals surface area contributed by atoms with E-state index in [0.29, 0.717) is 0 Å². The molecule has 1 saturated heterocycles. The van der Waals surface area contributed by atoms with E-state index in [4.69, 9.17) is 0 Å². The average molecular weight is 283 g/mol. The first-order chi connectivity index (χ1) is 10.1. The SMILES string of the molecule is Cc1ccc(NC(=O)C2(C)CCNCC2)c2cccnc12. The fourth-order valence-corrected chi connectivity index (χ4v) is 2.90. The van der Waals surface area contributed by atoms with Crippen LogP contribution in [0.5, 0.6) is 0 Å². The highest BCUT2D eigenvalue weighted by Gasteiger charge is 2.34. The van der Waals surface area contributed by atoms with E-state index >= 15 is 0 Å². The number of hydrogen-bond acceptors (Lipinski definition) is 3. The van der Waals surface area contributed by atoms with Crippen LogP contribution in [0.15, 0.2) is 30.5 Å². The molecule has 1 aliphatic rings. The number of aryl methyl sites for hydroxylation is 1. The molecule has 4 heteroatoms. The minimum Gasteiger partial charge on any atom is -0.325 e. The number of nitrogens with one attached hydrogen (secondary N) is 2. The second kappa shape index (κ2) is 5.45. The van der Waals surface area contributed by atoms with Crippen molar-refractivity contribution < 1.29 is 4.79 Å². The third-order valence-electron chi connectivity index (χ3n) is 4.47. The highest BCUT2D eigenvalue weighted by molar-refractivity contribution is 6.03. The highest BCUT2D eigenvalue weighted by atomic mass is 16.2. The summed E-state index contributed by atoms with van der Waals surface area (Å²) in [5.41, 5.74) is 2.64. The van der Waals surface area contributed by atoms with Crippen molar-refractivity contribution in [2.24, 2.45) is 5.41 Å². The third kappa shape index (κ3) is 2.63. The van der Waals surface area contributed by atoms with Gasteiger partial charge in [-0.2, -0.15) is 0 Å². The number of carbonyl (C=O) groups excluding carboxylic acids is 1. The molecular formula is C17H21N3O. The highest BCUT2D eigenvalue weighted by Crippen LogP contribution is 2.31. The number of benzene rings is 1. The fourth-order valence-electron chi connectivity index (χ4n) is 2.90. The van der Waals surface area contributed by atoms with Crippen LogP contribution in [0.4, 0.5) is 5.69 Å². The normalized spacial score (nSPS) is 17.6. The van der Waals surface area contributed by atoms with Gasteiger partial charge in [0.05, 0.1) is 11.2 Å². The van der Waals surface area contributed by atoms with Gasteiger partial charge in [-0.05, 0) is 56.6 Å². The van der Waals surface area contributed by atoms with Crippen LogP contribution in [0.3, 0.4) is 0 Å². The summed E-state index contributed by atoms with van der Waals surface area (Å²) in [5, 5.41) is 7.42. The molecule has 1 fully saturated rings. The molecule has 0 saturated carbocycles. The molecule has 4 nitrogen and oxygen atoms in total. The second-order valence-corrected chi connectivity index (χ2v) is 6.09. The van der Waals surface area contributed by atoms with E-state index in [0.717, 1.165) is 48.1 Å². The number of aromatic nitrogens is 1. The van der Waals surface area contributed by atoms with E-state index in [9.17, 15) is 4.79 Å². The zero-order chi connectivity index (χ0) is 14.9. The molecule has 1 aromatic carbocycles. The van der Waals surface area contributed by atoms with Crippen LogP contribution in [-0.2, 0) is 4.79 Å². The van der Waals surface area contributed by atoms with Crippen molar-refractivity contribution in [3.8, 4) is 0 Å². The Bertz CT molecular complexity index is 675. The Hall–Kier alpha value is -1.94. The van der Waals surface area contributed by atoms with Crippen LogP contribution < -0.4 is 10.6 Å². The lowest BCUT2D eigenvalue weighted by Crippen LogP contribution is -2.42. The quantitative estimate of drug-likeness (QED) is 0.891. The molecular weight excluding hydrogens is 262 g/mol. The fraction of sp³-hybridized carbons (Fsp3) is 0.412. The van der Waals surface area contributed by atoms with E-state index in [1.165, 1.54) is 0 Å². The van der Waals surface area contributed by atoms with E-state index in [-0.39, 0.29) is 11.3 Å². The molecule has 21 heavy (non-hydrogen) atoms. The molecule has 1 aromatic heterocycles. The van der Waals surface area contributed by atoms with Crippen LogP contribution in [-0.4, -0.2) is 24.0 Å². The lowest BCUT2D eigenvalue weighted by molar-refractivity contribution is -0.126. The molecule has 1 amide bonds. The summed E-state index contributed by atoms with van der Waals surface area (Å²) in [7, 11) is 0. The molecule has 0 spiro atoms. The smallest absolute Gasteiger partial charge is 0.230 e. The summed E-state index contributed by atoms with van der Waals surface area (Å²) in [6.45, 7) is 5.90. The Labute approximate surface area is 125 Å². The molecule has 3 rings (SSSR count). The van der Waals surface area contributed by atoms with Crippen LogP contribution in [0.25, 0.3) is 10.9 Å². The summed E-state index contributed by atoms with van der Waals surface area (Å²) in [6, 6.07) is 7.90. The maximum atomic E-state index is 12.7. The predicted molar refractivity (Wildman–Crippen MR) is 85.3 cm³/mol.